The standard InChI is InChI=1S/C13H19FN2OS/c14-12-3-1-2-11(10-12)13(15)4-5-16-6-8-18(17)9-7-16/h1-3,10,13H,4-9,15H2. The molecule has 0 aromatic heterocycles. The van der Waals surface area contributed by atoms with Crippen LogP contribution in [-0.4, -0.2) is 40.2 Å². The van der Waals surface area contributed by atoms with E-state index in [-0.39, 0.29) is 11.9 Å². The minimum atomic E-state index is -0.637. The monoisotopic (exact) mass is 270 g/mol. The summed E-state index contributed by atoms with van der Waals surface area (Å²) >= 11 is 0. The molecule has 0 radical (unpaired) electrons. The second-order valence-electron chi connectivity index (χ2n) is 4.64. The van der Waals surface area contributed by atoms with Crippen LogP contribution in [-0.2, 0) is 10.8 Å². The topological polar surface area (TPSA) is 46.3 Å². The summed E-state index contributed by atoms with van der Waals surface area (Å²) in [6, 6.07) is 6.34. The average molecular weight is 270 g/mol. The van der Waals surface area contributed by atoms with Gasteiger partial charge in [0.2, 0.25) is 0 Å². The lowest BCUT2D eigenvalue weighted by Crippen LogP contribution is -2.39. The lowest BCUT2D eigenvalue weighted by Gasteiger charge is -2.27. The number of nitrogens with two attached hydrogens (primary N) is 1. The molecule has 18 heavy (non-hydrogen) atoms. The highest BCUT2D eigenvalue weighted by Crippen LogP contribution is 2.16. The largest absolute Gasteiger partial charge is 0.324 e. The fourth-order valence-electron chi connectivity index (χ4n) is 2.12. The van der Waals surface area contributed by atoms with Crippen LogP contribution in [0.5, 0.6) is 0 Å². The molecule has 2 N–H and O–H groups in total. The first-order valence-corrected chi connectivity index (χ1v) is 7.72. The highest BCUT2D eigenvalue weighted by atomic mass is 32.2. The molecule has 0 amide bonds. The number of hydrogen-bond acceptors (Lipinski definition) is 3. The molecule has 0 bridgehead atoms. The second kappa shape index (κ2) is 6.41. The van der Waals surface area contributed by atoms with Crippen molar-refractivity contribution < 1.29 is 8.60 Å². The predicted molar refractivity (Wildman–Crippen MR) is 72.3 cm³/mol. The van der Waals surface area contributed by atoms with Gasteiger partial charge in [-0.15, -0.1) is 0 Å². The van der Waals surface area contributed by atoms with E-state index in [4.69, 9.17) is 5.73 Å². The van der Waals surface area contributed by atoms with Gasteiger partial charge in [-0.3, -0.25) is 4.21 Å². The first-order chi connectivity index (χ1) is 8.65. The summed E-state index contributed by atoms with van der Waals surface area (Å²) in [7, 11) is -0.637. The van der Waals surface area contributed by atoms with Crippen molar-refractivity contribution >= 4 is 10.8 Å². The third kappa shape index (κ3) is 3.86. The normalized spacial score (nSPS) is 19.9. The van der Waals surface area contributed by atoms with Crippen LogP contribution in [0.3, 0.4) is 0 Å². The maximum absolute atomic E-state index is 13.1. The Kier molecular flexibility index (Phi) is 4.86. The molecule has 0 saturated carbocycles. The zero-order valence-corrected chi connectivity index (χ0v) is 11.2. The van der Waals surface area contributed by atoms with Gasteiger partial charge in [0.1, 0.15) is 5.82 Å². The highest BCUT2D eigenvalue weighted by molar-refractivity contribution is 7.85. The fraction of sp³-hybridized carbons (Fsp3) is 0.538. The molecule has 1 unspecified atom stereocenters. The van der Waals surface area contributed by atoms with Gasteiger partial charge in [-0.2, -0.15) is 0 Å². The van der Waals surface area contributed by atoms with E-state index in [1.807, 2.05) is 6.07 Å². The summed E-state index contributed by atoms with van der Waals surface area (Å²) in [6.07, 6.45) is 0.802. The predicted octanol–water partition coefficient (Wildman–Crippen LogP) is 1.28. The van der Waals surface area contributed by atoms with E-state index in [9.17, 15) is 8.60 Å². The third-order valence-corrected chi connectivity index (χ3v) is 4.58. The van der Waals surface area contributed by atoms with Gasteiger partial charge in [0, 0.05) is 48.0 Å². The van der Waals surface area contributed by atoms with Crippen LogP contribution in [0.25, 0.3) is 0 Å². The molecule has 0 spiro atoms. The molecule has 5 heteroatoms. The van der Waals surface area contributed by atoms with Crippen LogP contribution in [0.4, 0.5) is 4.39 Å². The van der Waals surface area contributed by atoms with Crippen LogP contribution in [0, 0.1) is 5.82 Å². The molecule has 1 atom stereocenters. The van der Waals surface area contributed by atoms with E-state index >= 15 is 0 Å². The van der Waals surface area contributed by atoms with Crippen molar-refractivity contribution in [3.63, 3.8) is 0 Å². The van der Waals surface area contributed by atoms with Gasteiger partial charge >= 0.3 is 0 Å². The molecule has 1 saturated heterocycles. The molecular weight excluding hydrogens is 251 g/mol. The van der Waals surface area contributed by atoms with E-state index in [1.165, 1.54) is 12.1 Å². The van der Waals surface area contributed by atoms with Gasteiger partial charge in [0.05, 0.1) is 0 Å². The molecular formula is C13H19FN2OS. The van der Waals surface area contributed by atoms with E-state index < -0.39 is 10.8 Å². The number of nitrogens with zero attached hydrogens (tertiary/aromatic N) is 1. The molecule has 1 aromatic rings. The molecule has 1 aliphatic rings. The Hall–Kier alpha value is -0.780. The lowest BCUT2D eigenvalue weighted by molar-refractivity contribution is 0.287. The summed E-state index contributed by atoms with van der Waals surface area (Å²) in [5, 5.41) is 0. The van der Waals surface area contributed by atoms with Gasteiger partial charge in [0.15, 0.2) is 0 Å². The van der Waals surface area contributed by atoms with Crippen molar-refractivity contribution in [1.29, 1.82) is 0 Å². The minimum absolute atomic E-state index is 0.131. The highest BCUT2D eigenvalue weighted by Gasteiger charge is 2.16. The Balaban J connectivity index is 1.81. The SMILES string of the molecule is NC(CCN1CCS(=O)CC1)c1cccc(F)c1. The van der Waals surface area contributed by atoms with E-state index in [2.05, 4.69) is 4.90 Å². The van der Waals surface area contributed by atoms with E-state index in [0.29, 0.717) is 0 Å². The molecule has 1 heterocycles. The zero-order valence-electron chi connectivity index (χ0n) is 10.3. The van der Waals surface area contributed by atoms with Crippen molar-refractivity contribution in [2.24, 2.45) is 5.73 Å². The summed E-state index contributed by atoms with van der Waals surface area (Å²) < 4.78 is 24.3. The Morgan fingerprint density at radius 2 is 2.11 bits per heavy atom. The van der Waals surface area contributed by atoms with E-state index in [0.717, 1.165) is 43.1 Å². The van der Waals surface area contributed by atoms with Crippen molar-refractivity contribution in [3.05, 3.63) is 35.6 Å². The molecule has 3 nitrogen and oxygen atoms in total. The minimum Gasteiger partial charge on any atom is -0.324 e. The van der Waals surface area contributed by atoms with Gasteiger partial charge in [-0.05, 0) is 24.1 Å². The molecule has 2 rings (SSSR count). The number of halogens is 1. The summed E-state index contributed by atoms with van der Waals surface area (Å²) in [4.78, 5) is 2.28. The quantitative estimate of drug-likeness (QED) is 0.896. The Bertz CT molecular complexity index is 417. The average Bonchev–Trinajstić information content (AvgIpc) is 2.38. The van der Waals surface area contributed by atoms with Crippen molar-refractivity contribution in [2.75, 3.05) is 31.1 Å². The fourth-order valence-corrected chi connectivity index (χ4v) is 3.25. The number of hydrogen-bond donors (Lipinski definition) is 1. The Labute approximate surface area is 110 Å². The van der Waals surface area contributed by atoms with Crippen LogP contribution in [0.1, 0.15) is 18.0 Å². The second-order valence-corrected chi connectivity index (χ2v) is 6.34. The molecule has 1 aromatic carbocycles. The van der Waals surface area contributed by atoms with Gasteiger partial charge < -0.3 is 10.6 Å². The van der Waals surface area contributed by atoms with Gasteiger partial charge in [0.25, 0.3) is 0 Å². The maximum Gasteiger partial charge on any atom is 0.123 e. The zero-order chi connectivity index (χ0) is 13.0. The molecule has 1 aliphatic heterocycles. The van der Waals surface area contributed by atoms with Crippen LogP contribution >= 0.6 is 0 Å². The first-order valence-electron chi connectivity index (χ1n) is 6.23. The smallest absolute Gasteiger partial charge is 0.123 e. The summed E-state index contributed by atoms with van der Waals surface area (Å²) in [5.41, 5.74) is 6.90. The Morgan fingerprint density at radius 1 is 1.39 bits per heavy atom. The van der Waals surface area contributed by atoms with Gasteiger partial charge in [-0.25, -0.2) is 4.39 Å². The molecule has 1 fully saturated rings. The third-order valence-electron chi connectivity index (χ3n) is 3.30. The van der Waals surface area contributed by atoms with Crippen LogP contribution in [0.2, 0.25) is 0 Å². The molecule has 100 valence electrons. The number of rotatable bonds is 4. The van der Waals surface area contributed by atoms with Crippen molar-refractivity contribution in [3.8, 4) is 0 Å². The van der Waals surface area contributed by atoms with Crippen molar-refractivity contribution in [1.82, 2.24) is 4.90 Å². The Morgan fingerprint density at radius 3 is 2.78 bits per heavy atom. The molecule has 0 aliphatic carbocycles. The van der Waals surface area contributed by atoms with Crippen molar-refractivity contribution in [2.45, 2.75) is 12.5 Å². The lowest BCUT2D eigenvalue weighted by atomic mass is 10.0. The number of benzene rings is 1. The first kappa shape index (κ1) is 13.6. The van der Waals surface area contributed by atoms with Gasteiger partial charge in [-0.1, -0.05) is 12.1 Å². The summed E-state index contributed by atoms with van der Waals surface area (Å²) in [5.74, 6) is 1.28. The van der Waals surface area contributed by atoms with E-state index in [1.54, 1.807) is 6.07 Å². The summed E-state index contributed by atoms with van der Waals surface area (Å²) in [6.45, 7) is 2.64. The van der Waals surface area contributed by atoms with Crippen LogP contribution in [0.15, 0.2) is 24.3 Å². The van der Waals surface area contributed by atoms with Crippen LogP contribution < -0.4 is 5.73 Å². The maximum atomic E-state index is 13.1.